The lowest BCUT2D eigenvalue weighted by Gasteiger charge is -2.13. The number of hydrogen-bond donors (Lipinski definition) is 1. The highest BCUT2D eigenvalue weighted by molar-refractivity contribution is 8.13. The number of benzene rings is 1. The maximum Gasteiger partial charge on any atom is 0.261 e. The van der Waals surface area contributed by atoms with Crippen LogP contribution >= 0.6 is 10.7 Å². The molecule has 0 aliphatic carbocycles. The molecule has 0 heterocycles. The second-order valence-electron chi connectivity index (χ2n) is 3.53. The van der Waals surface area contributed by atoms with E-state index in [-0.39, 0.29) is 4.90 Å². The van der Waals surface area contributed by atoms with Crippen LogP contribution in [0.5, 0.6) is 5.75 Å². The van der Waals surface area contributed by atoms with E-state index in [2.05, 4.69) is 0 Å². The van der Waals surface area contributed by atoms with Gasteiger partial charge in [0.15, 0.2) is 6.10 Å². The maximum absolute atomic E-state index is 11.1. The van der Waals surface area contributed by atoms with Crippen LogP contribution < -0.4 is 10.5 Å². The van der Waals surface area contributed by atoms with Crippen LogP contribution in [0.1, 0.15) is 12.5 Å². The van der Waals surface area contributed by atoms with Gasteiger partial charge in [-0.25, -0.2) is 8.42 Å². The van der Waals surface area contributed by atoms with Gasteiger partial charge in [0.05, 0.1) is 4.90 Å². The Hall–Kier alpha value is -1.27. The van der Waals surface area contributed by atoms with Crippen LogP contribution in [0.25, 0.3) is 0 Å². The van der Waals surface area contributed by atoms with Gasteiger partial charge in [-0.3, -0.25) is 4.79 Å². The number of primary amides is 1. The topological polar surface area (TPSA) is 86.5 Å². The van der Waals surface area contributed by atoms with Crippen molar-refractivity contribution >= 4 is 25.6 Å². The predicted molar refractivity (Wildman–Crippen MR) is 63.5 cm³/mol. The molecule has 0 aliphatic heterocycles. The van der Waals surface area contributed by atoms with Gasteiger partial charge in [-0.2, -0.15) is 0 Å². The van der Waals surface area contributed by atoms with Gasteiger partial charge >= 0.3 is 0 Å². The largest absolute Gasteiger partial charge is 0.481 e. The van der Waals surface area contributed by atoms with Gasteiger partial charge in [-0.1, -0.05) is 0 Å². The molecule has 0 saturated heterocycles. The van der Waals surface area contributed by atoms with Gasteiger partial charge in [-0.05, 0) is 37.6 Å². The van der Waals surface area contributed by atoms with E-state index in [0.717, 1.165) is 0 Å². The summed E-state index contributed by atoms with van der Waals surface area (Å²) in [6, 6.07) is 4.10. The van der Waals surface area contributed by atoms with Gasteiger partial charge in [0.1, 0.15) is 5.75 Å². The minimum atomic E-state index is -3.76. The fourth-order valence-corrected chi connectivity index (χ4v) is 1.99. The third-order valence-electron chi connectivity index (χ3n) is 2.13. The first-order valence-electron chi connectivity index (χ1n) is 4.73. The number of carbonyl (C=O) groups excluding carboxylic acids is 1. The van der Waals surface area contributed by atoms with Gasteiger partial charge in [0, 0.05) is 10.7 Å². The van der Waals surface area contributed by atoms with Gasteiger partial charge in [0.25, 0.3) is 15.0 Å². The summed E-state index contributed by atoms with van der Waals surface area (Å²) in [5.41, 5.74) is 5.61. The molecule has 1 unspecified atom stereocenters. The van der Waals surface area contributed by atoms with Crippen molar-refractivity contribution in [2.45, 2.75) is 24.8 Å². The number of hydrogen-bond acceptors (Lipinski definition) is 4. The molecular weight excluding hydrogens is 266 g/mol. The fourth-order valence-electron chi connectivity index (χ4n) is 1.15. The molecular formula is C10H12ClNO4S. The first kappa shape index (κ1) is 13.8. The molecule has 1 aromatic rings. The van der Waals surface area contributed by atoms with E-state index in [1.807, 2.05) is 0 Å². The Labute approximate surface area is 104 Å². The SMILES string of the molecule is Cc1cc(S(=O)(=O)Cl)ccc1OC(C)C(N)=O. The molecule has 2 N–H and O–H groups in total. The standard InChI is InChI=1S/C10H12ClNO4S/c1-6-5-8(17(11,14)15)3-4-9(6)16-7(2)10(12)13/h3-5,7H,1-2H3,(H2,12,13). The lowest BCUT2D eigenvalue weighted by atomic mass is 10.2. The van der Waals surface area contributed by atoms with Crippen molar-refractivity contribution in [2.24, 2.45) is 5.73 Å². The van der Waals surface area contributed by atoms with E-state index in [4.69, 9.17) is 21.2 Å². The number of ether oxygens (including phenoxy) is 1. The van der Waals surface area contributed by atoms with Crippen molar-refractivity contribution < 1.29 is 17.9 Å². The monoisotopic (exact) mass is 277 g/mol. The smallest absolute Gasteiger partial charge is 0.261 e. The van der Waals surface area contributed by atoms with E-state index in [1.54, 1.807) is 6.92 Å². The van der Waals surface area contributed by atoms with E-state index in [1.165, 1.54) is 25.1 Å². The van der Waals surface area contributed by atoms with Gasteiger partial charge < -0.3 is 10.5 Å². The number of nitrogens with two attached hydrogens (primary N) is 1. The molecule has 1 amide bonds. The average Bonchev–Trinajstić information content (AvgIpc) is 2.19. The molecule has 1 atom stereocenters. The lowest BCUT2D eigenvalue weighted by Crippen LogP contribution is -2.30. The normalized spacial score (nSPS) is 13.1. The Kier molecular flexibility index (Phi) is 4.00. The molecule has 0 fully saturated rings. The summed E-state index contributed by atoms with van der Waals surface area (Å²) in [6.07, 6.45) is -0.785. The highest BCUT2D eigenvalue weighted by Gasteiger charge is 2.15. The first-order valence-corrected chi connectivity index (χ1v) is 7.04. The van der Waals surface area contributed by atoms with Crippen LogP contribution in [-0.2, 0) is 13.8 Å². The summed E-state index contributed by atoms with van der Waals surface area (Å²) in [6.45, 7) is 3.16. The van der Waals surface area contributed by atoms with E-state index < -0.39 is 21.1 Å². The molecule has 5 nitrogen and oxygen atoms in total. The number of carbonyl (C=O) groups is 1. The summed E-state index contributed by atoms with van der Waals surface area (Å²) >= 11 is 0. The van der Waals surface area contributed by atoms with E-state index >= 15 is 0 Å². The van der Waals surface area contributed by atoms with Crippen LogP contribution in [0.2, 0.25) is 0 Å². The predicted octanol–water partition coefficient (Wildman–Crippen LogP) is 1.18. The molecule has 0 saturated carbocycles. The summed E-state index contributed by atoms with van der Waals surface area (Å²) in [7, 11) is 1.43. The maximum atomic E-state index is 11.1. The summed E-state index contributed by atoms with van der Waals surface area (Å²) in [5.74, 6) is -0.209. The Bertz CT molecular complexity index is 541. The molecule has 7 heteroatoms. The number of amides is 1. The summed E-state index contributed by atoms with van der Waals surface area (Å²) < 4.78 is 27.4. The number of halogens is 1. The van der Waals surface area contributed by atoms with Crippen LogP contribution in [0.3, 0.4) is 0 Å². The molecule has 0 spiro atoms. The summed E-state index contributed by atoms with van der Waals surface area (Å²) in [4.78, 5) is 10.8. The second-order valence-corrected chi connectivity index (χ2v) is 6.09. The van der Waals surface area contributed by atoms with Crippen LogP contribution in [-0.4, -0.2) is 20.4 Å². The molecule has 0 bridgehead atoms. The Morgan fingerprint density at radius 2 is 2.06 bits per heavy atom. The highest BCUT2D eigenvalue weighted by Crippen LogP contribution is 2.24. The van der Waals surface area contributed by atoms with Gasteiger partial charge in [-0.15, -0.1) is 0 Å². The summed E-state index contributed by atoms with van der Waals surface area (Å²) in [5, 5.41) is 0. The first-order chi connectivity index (χ1) is 7.71. The number of rotatable bonds is 4. The van der Waals surface area contributed by atoms with Crippen LogP contribution in [0.15, 0.2) is 23.1 Å². The molecule has 17 heavy (non-hydrogen) atoms. The molecule has 1 rings (SSSR count). The van der Waals surface area contributed by atoms with Gasteiger partial charge in [0.2, 0.25) is 0 Å². The average molecular weight is 278 g/mol. The van der Waals surface area contributed by atoms with E-state index in [9.17, 15) is 13.2 Å². The van der Waals surface area contributed by atoms with E-state index in [0.29, 0.717) is 11.3 Å². The lowest BCUT2D eigenvalue weighted by molar-refractivity contribution is -0.123. The van der Waals surface area contributed by atoms with Crippen molar-refractivity contribution in [1.29, 1.82) is 0 Å². The Balaban J connectivity index is 3.03. The Morgan fingerprint density at radius 1 is 1.47 bits per heavy atom. The zero-order valence-corrected chi connectivity index (χ0v) is 10.9. The molecule has 1 aromatic carbocycles. The van der Waals surface area contributed by atoms with Crippen molar-refractivity contribution in [3.05, 3.63) is 23.8 Å². The van der Waals surface area contributed by atoms with Crippen LogP contribution in [0, 0.1) is 6.92 Å². The third-order valence-corrected chi connectivity index (χ3v) is 3.48. The minimum absolute atomic E-state index is 0.0178. The Morgan fingerprint density at radius 3 is 2.47 bits per heavy atom. The van der Waals surface area contributed by atoms with Crippen molar-refractivity contribution in [2.75, 3.05) is 0 Å². The fraction of sp³-hybridized carbons (Fsp3) is 0.300. The third kappa shape index (κ3) is 3.61. The zero-order valence-electron chi connectivity index (χ0n) is 9.31. The highest BCUT2D eigenvalue weighted by atomic mass is 35.7. The second kappa shape index (κ2) is 4.93. The van der Waals surface area contributed by atoms with Crippen LogP contribution in [0.4, 0.5) is 0 Å². The quantitative estimate of drug-likeness (QED) is 0.837. The molecule has 94 valence electrons. The van der Waals surface area contributed by atoms with Crippen molar-refractivity contribution in [1.82, 2.24) is 0 Å². The molecule has 0 aliphatic rings. The van der Waals surface area contributed by atoms with Crippen molar-refractivity contribution in [3.63, 3.8) is 0 Å². The minimum Gasteiger partial charge on any atom is -0.481 e. The molecule has 0 aromatic heterocycles. The van der Waals surface area contributed by atoms with Crippen molar-refractivity contribution in [3.8, 4) is 5.75 Å². The number of aryl methyl sites for hydroxylation is 1. The zero-order chi connectivity index (χ0) is 13.2. The molecule has 0 radical (unpaired) electrons.